The molecule has 1 aromatic heterocycles. The lowest BCUT2D eigenvalue weighted by Gasteiger charge is -2.24. The molecule has 2 heterocycles. The Morgan fingerprint density at radius 3 is 2.45 bits per heavy atom. The molecule has 2 aromatic rings. The number of hydrogen-bond acceptors (Lipinski definition) is 5. The molecule has 1 aromatic carbocycles. The minimum absolute atomic E-state index is 0.183. The van der Waals surface area contributed by atoms with Crippen LogP contribution in [0.4, 0.5) is 0 Å². The van der Waals surface area contributed by atoms with E-state index in [9.17, 15) is 0 Å². The average Bonchev–Trinajstić information content (AvgIpc) is 2.90. The predicted molar refractivity (Wildman–Crippen MR) is 86.1 cm³/mol. The third-order valence-corrected chi connectivity index (χ3v) is 4.44. The van der Waals surface area contributed by atoms with Crippen molar-refractivity contribution < 1.29 is 4.52 Å². The number of rotatable bonds is 4. The summed E-state index contributed by atoms with van der Waals surface area (Å²) in [5.41, 5.74) is 7.69. The molecule has 0 saturated carbocycles. The van der Waals surface area contributed by atoms with E-state index in [0.717, 1.165) is 24.2 Å². The summed E-state index contributed by atoms with van der Waals surface area (Å²) < 4.78 is 5.50. The van der Waals surface area contributed by atoms with Gasteiger partial charge >= 0.3 is 0 Å². The molecule has 5 heteroatoms. The van der Waals surface area contributed by atoms with Crippen molar-refractivity contribution in [1.29, 1.82) is 0 Å². The van der Waals surface area contributed by atoms with Crippen molar-refractivity contribution in [2.45, 2.75) is 45.2 Å². The van der Waals surface area contributed by atoms with Crippen LogP contribution in [0.15, 0.2) is 28.8 Å². The Labute approximate surface area is 131 Å². The first kappa shape index (κ1) is 15.2. The van der Waals surface area contributed by atoms with Crippen molar-refractivity contribution in [2.75, 3.05) is 13.1 Å². The van der Waals surface area contributed by atoms with Gasteiger partial charge in [-0.3, -0.25) is 4.90 Å². The molecule has 0 aliphatic carbocycles. The lowest BCUT2D eigenvalue weighted by Crippen LogP contribution is -2.28. The van der Waals surface area contributed by atoms with E-state index in [2.05, 4.69) is 22.0 Å². The standard InChI is InChI=1S/C17H24N4O/c1-13(21-10-4-2-3-5-11-21)17-19-16(20-22-17)15-8-6-14(12-18)7-9-15/h6-9,13H,2-5,10-12,18H2,1H3. The van der Waals surface area contributed by atoms with Crippen LogP contribution in [0, 0.1) is 0 Å². The second kappa shape index (κ2) is 7.03. The second-order valence-corrected chi connectivity index (χ2v) is 5.98. The third-order valence-electron chi connectivity index (χ3n) is 4.44. The van der Waals surface area contributed by atoms with Crippen LogP contribution in [-0.2, 0) is 6.54 Å². The van der Waals surface area contributed by atoms with Gasteiger partial charge in [0.05, 0.1) is 6.04 Å². The number of benzene rings is 1. The molecule has 1 aliphatic rings. The fourth-order valence-corrected chi connectivity index (χ4v) is 2.95. The predicted octanol–water partition coefficient (Wildman–Crippen LogP) is 3.13. The van der Waals surface area contributed by atoms with Crippen molar-refractivity contribution in [3.8, 4) is 11.4 Å². The molecule has 118 valence electrons. The fraction of sp³-hybridized carbons (Fsp3) is 0.529. The molecule has 2 N–H and O–H groups in total. The van der Waals surface area contributed by atoms with Gasteiger partial charge in [0.25, 0.3) is 0 Å². The van der Waals surface area contributed by atoms with Gasteiger partial charge < -0.3 is 10.3 Å². The van der Waals surface area contributed by atoms with Gasteiger partial charge in [-0.2, -0.15) is 4.98 Å². The second-order valence-electron chi connectivity index (χ2n) is 5.98. The number of nitrogens with zero attached hydrogens (tertiary/aromatic N) is 3. The van der Waals surface area contributed by atoms with E-state index in [1.165, 1.54) is 25.7 Å². The molecule has 0 spiro atoms. The van der Waals surface area contributed by atoms with E-state index in [4.69, 9.17) is 10.3 Å². The van der Waals surface area contributed by atoms with Crippen LogP contribution in [-0.4, -0.2) is 28.1 Å². The quantitative estimate of drug-likeness (QED) is 0.939. The number of aromatic nitrogens is 2. The minimum Gasteiger partial charge on any atom is -0.337 e. The summed E-state index contributed by atoms with van der Waals surface area (Å²) in [6, 6.07) is 8.18. The first-order valence-electron chi connectivity index (χ1n) is 8.15. The maximum Gasteiger partial charge on any atom is 0.244 e. The Morgan fingerprint density at radius 1 is 1.14 bits per heavy atom. The first-order chi connectivity index (χ1) is 10.8. The van der Waals surface area contributed by atoms with Gasteiger partial charge in [-0.1, -0.05) is 42.3 Å². The molecule has 0 radical (unpaired) electrons. The van der Waals surface area contributed by atoms with Crippen LogP contribution < -0.4 is 5.73 Å². The molecular formula is C17H24N4O. The molecule has 5 nitrogen and oxygen atoms in total. The molecule has 0 bridgehead atoms. The molecule has 0 amide bonds. The highest BCUT2D eigenvalue weighted by Crippen LogP contribution is 2.25. The molecular weight excluding hydrogens is 276 g/mol. The normalized spacial score (nSPS) is 18.1. The van der Waals surface area contributed by atoms with Crippen molar-refractivity contribution >= 4 is 0 Å². The lowest BCUT2D eigenvalue weighted by atomic mass is 10.1. The number of hydrogen-bond donors (Lipinski definition) is 1. The van der Waals surface area contributed by atoms with Crippen LogP contribution in [0.25, 0.3) is 11.4 Å². The van der Waals surface area contributed by atoms with Gasteiger partial charge in [0.1, 0.15) is 0 Å². The van der Waals surface area contributed by atoms with Crippen molar-refractivity contribution in [3.63, 3.8) is 0 Å². The van der Waals surface area contributed by atoms with Gasteiger partial charge in [0, 0.05) is 12.1 Å². The monoisotopic (exact) mass is 300 g/mol. The Morgan fingerprint density at radius 2 is 1.82 bits per heavy atom. The summed E-state index contributed by atoms with van der Waals surface area (Å²) in [6.07, 6.45) is 5.16. The zero-order chi connectivity index (χ0) is 15.4. The van der Waals surface area contributed by atoms with Crippen LogP contribution in [0.3, 0.4) is 0 Å². The SMILES string of the molecule is CC(c1nc(-c2ccc(CN)cc2)no1)N1CCCCCC1. The largest absolute Gasteiger partial charge is 0.337 e. The van der Waals surface area contributed by atoms with Crippen LogP contribution in [0.2, 0.25) is 0 Å². The number of nitrogens with two attached hydrogens (primary N) is 1. The zero-order valence-corrected chi connectivity index (χ0v) is 13.2. The Balaban J connectivity index is 1.74. The van der Waals surface area contributed by atoms with E-state index in [-0.39, 0.29) is 6.04 Å². The minimum atomic E-state index is 0.183. The molecule has 1 unspecified atom stereocenters. The van der Waals surface area contributed by atoms with Crippen molar-refractivity contribution in [2.24, 2.45) is 5.73 Å². The summed E-state index contributed by atoms with van der Waals surface area (Å²) in [5, 5.41) is 4.14. The fourth-order valence-electron chi connectivity index (χ4n) is 2.95. The summed E-state index contributed by atoms with van der Waals surface area (Å²) in [4.78, 5) is 7.04. The smallest absolute Gasteiger partial charge is 0.244 e. The van der Waals surface area contributed by atoms with Crippen LogP contribution in [0.5, 0.6) is 0 Å². The summed E-state index contributed by atoms with van der Waals surface area (Å²) >= 11 is 0. The molecule has 1 saturated heterocycles. The molecule has 3 rings (SSSR count). The van der Waals surface area contributed by atoms with Crippen LogP contribution in [0.1, 0.15) is 50.1 Å². The van der Waals surface area contributed by atoms with E-state index < -0.39 is 0 Å². The van der Waals surface area contributed by atoms with Crippen molar-refractivity contribution in [3.05, 3.63) is 35.7 Å². The highest BCUT2D eigenvalue weighted by atomic mass is 16.5. The van der Waals surface area contributed by atoms with E-state index in [1.54, 1.807) is 0 Å². The zero-order valence-electron chi connectivity index (χ0n) is 13.2. The van der Waals surface area contributed by atoms with Gasteiger partial charge in [-0.05, 0) is 38.4 Å². The number of likely N-dealkylation sites (tertiary alicyclic amines) is 1. The molecule has 22 heavy (non-hydrogen) atoms. The first-order valence-corrected chi connectivity index (χ1v) is 8.15. The summed E-state index contributed by atoms with van der Waals surface area (Å²) in [6.45, 7) is 4.93. The molecule has 1 fully saturated rings. The highest BCUT2D eigenvalue weighted by molar-refractivity contribution is 5.54. The van der Waals surface area contributed by atoms with Crippen molar-refractivity contribution in [1.82, 2.24) is 15.0 Å². The van der Waals surface area contributed by atoms with Crippen LogP contribution >= 0.6 is 0 Å². The maximum atomic E-state index is 5.62. The Hall–Kier alpha value is -1.72. The summed E-state index contributed by atoms with van der Waals surface area (Å²) in [7, 11) is 0. The van der Waals surface area contributed by atoms with E-state index in [1.807, 2.05) is 24.3 Å². The van der Waals surface area contributed by atoms with Gasteiger partial charge in [0.2, 0.25) is 11.7 Å². The molecule has 1 atom stereocenters. The average molecular weight is 300 g/mol. The van der Waals surface area contributed by atoms with E-state index >= 15 is 0 Å². The Kier molecular flexibility index (Phi) is 4.85. The highest BCUT2D eigenvalue weighted by Gasteiger charge is 2.22. The van der Waals surface area contributed by atoms with Gasteiger partial charge in [-0.15, -0.1) is 0 Å². The third kappa shape index (κ3) is 3.36. The van der Waals surface area contributed by atoms with E-state index in [0.29, 0.717) is 18.3 Å². The van der Waals surface area contributed by atoms with Gasteiger partial charge in [0.15, 0.2) is 0 Å². The Bertz CT molecular complexity index is 585. The maximum absolute atomic E-state index is 5.62. The molecule has 1 aliphatic heterocycles. The summed E-state index contributed by atoms with van der Waals surface area (Å²) in [5.74, 6) is 1.36. The van der Waals surface area contributed by atoms with Gasteiger partial charge in [-0.25, -0.2) is 0 Å². The lowest BCUT2D eigenvalue weighted by molar-refractivity contribution is 0.179. The topological polar surface area (TPSA) is 68.2 Å².